The third-order valence-electron chi connectivity index (χ3n) is 2.56. The Morgan fingerprint density at radius 2 is 2.11 bits per heavy atom. The molecule has 2 atom stereocenters. The Morgan fingerprint density at radius 3 is 2.67 bits per heavy atom. The zero-order valence-corrected chi connectivity index (χ0v) is 9.84. The van der Waals surface area contributed by atoms with Crippen molar-refractivity contribution >= 4 is 5.97 Å². The number of ether oxygens (including phenoxy) is 1. The second-order valence-corrected chi connectivity index (χ2v) is 3.79. The van der Waals surface area contributed by atoms with Gasteiger partial charge in [-0.2, -0.15) is 0 Å². The Morgan fingerprint density at radius 1 is 1.44 bits per heavy atom. The quantitative estimate of drug-likeness (QED) is 0.660. The highest BCUT2D eigenvalue weighted by atomic mass is 19.1. The summed E-state index contributed by atoms with van der Waals surface area (Å²) < 4.78 is 17.4. The third-order valence-corrected chi connectivity index (χ3v) is 2.56. The van der Waals surface area contributed by atoms with Crippen LogP contribution in [-0.4, -0.2) is 34.5 Å². The van der Waals surface area contributed by atoms with Crippen LogP contribution in [0.4, 0.5) is 4.39 Å². The summed E-state index contributed by atoms with van der Waals surface area (Å²) in [5.74, 6) is -1.30. The van der Waals surface area contributed by atoms with E-state index in [0.29, 0.717) is 0 Å². The molecule has 0 heterocycles. The maximum atomic E-state index is 13.1. The molecule has 0 aromatic heterocycles. The molecule has 5 nitrogen and oxygen atoms in total. The van der Waals surface area contributed by atoms with Crippen LogP contribution in [0.25, 0.3) is 0 Å². The first kappa shape index (κ1) is 14.6. The predicted molar refractivity (Wildman–Crippen MR) is 59.9 cm³/mol. The van der Waals surface area contributed by atoms with Crippen LogP contribution in [0.2, 0.25) is 0 Å². The number of esters is 1. The number of rotatable bonds is 5. The number of aliphatic hydroxyl groups is 3. The normalized spacial score (nSPS) is 14.1. The predicted octanol–water partition coefficient (Wildman–Crippen LogP) is 0.275. The number of hydrogen-bond donors (Lipinski definition) is 3. The van der Waals surface area contributed by atoms with Crippen molar-refractivity contribution in [3.8, 4) is 0 Å². The Kier molecular flexibility index (Phi) is 5.21. The Bertz CT molecular complexity index is 421. The van der Waals surface area contributed by atoms with Crippen molar-refractivity contribution in [1.82, 2.24) is 0 Å². The minimum atomic E-state index is -1.47. The summed E-state index contributed by atoms with van der Waals surface area (Å²) in [6.07, 6.45) is -3.31. The zero-order valence-electron chi connectivity index (χ0n) is 9.84. The van der Waals surface area contributed by atoms with Gasteiger partial charge in [0, 0.05) is 0 Å². The highest BCUT2D eigenvalue weighted by molar-refractivity contribution is 5.69. The maximum Gasteiger partial charge on any atom is 0.308 e. The van der Waals surface area contributed by atoms with Gasteiger partial charge in [0.15, 0.2) is 0 Å². The lowest BCUT2D eigenvalue weighted by atomic mass is 9.97. The maximum absolute atomic E-state index is 13.1. The standard InChI is InChI=1S/C12H15FO5/c1-18-11(16)5-10(15)12(17)9-4-8(13)3-2-7(9)6-14/h2-4,10,12,14-15,17H,5-6H2,1H3. The summed E-state index contributed by atoms with van der Waals surface area (Å²) in [6.45, 7) is -0.405. The number of halogens is 1. The van der Waals surface area contributed by atoms with Crippen molar-refractivity contribution in [3.05, 3.63) is 35.1 Å². The zero-order chi connectivity index (χ0) is 13.7. The molecule has 0 aliphatic heterocycles. The summed E-state index contributed by atoms with van der Waals surface area (Å²) in [5, 5.41) is 28.5. The van der Waals surface area contributed by atoms with Gasteiger partial charge < -0.3 is 20.1 Å². The summed E-state index contributed by atoms with van der Waals surface area (Å²) in [7, 11) is 1.16. The number of carbonyl (C=O) groups excluding carboxylic acids is 1. The molecule has 1 aromatic carbocycles. The molecule has 0 fully saturated rings. The van der Waals surface area contributed by atoms with Crippen molar-refractivity contribution in [2.45, 2.75) is 25.2 Å². The first-order valence-corrected chi connectivity index (χ1v) is 5.31. The molecule has 18 heavy (non-hydrogen) atoms. The second kappa shape index (κ2) is 6.44. The minimum absolute atomic E-state index is 0.0499. The average Bonchev–Trinajstić information content (AvgIpc) is 2.37. The molecular weight excluding hydrogens is 243 g/mol. The van der Waals surface area contributed by atoms with Crippen LogP contribution in [0, 0.1) is 5.82 Å². The van der Waals surface area contributed by atoms with E-state index in [4.69, 9.17) is 5.11 Å². The van der Waals surface area contributed by atoms with E-state index in [0.717, 1.165) is 19.2 Å². The monoisotopic (exact) mass is 258 g/mol. The van der Waals surface area contributed by atoms with Crippen LogP contribution >= 0.6 is 0 Å². The van der Waals surface area contributed by atoms with E-state index in [-0.39, 0.29) is 11.1 Å². The Hall–Kier alpha value is -1.50. The molecule has 2 unspecified atom stereocenters. The Labute approximate surface area is 103 Å². The average molecular weight is 258 g/mol. The molecule has 0 aliphatic carbocycles. The summed E-state index contributed by atoms with van der Waals surface area (Å²) in [5.41, 5.74) is 0.335. The van der Waals surface area contributed by atoms with Crippen LogP contribution in [-0.2, 0) is 16.1 Å². The van der Waals surface area contributed by atoms with Gasteiger partial charge in [0.1, 0.15) is 11.9 Å². The summed E-state index contributed by atoms with van der Waals surface area (Å²) >= 11 is 0. The molecule has 0 spiro atoms. The van der Waals surface area contributed by atoms with Crippen LogP contribution in [0.3, 0.4) is 0 Å². The number of benzene rings is 1. The fourth-order valence-corrected chi connectivity index (χ4v) is 1.56. The number of methoxy groups -OCH3 is 1. The van der Waals surface area contributed by atoms with Crippen molar-refractivity contribution < 1.29 is 29.2 Å². The van der Waals surface area contributed by atoms with E-state index in [9.17, 15) is 19.4 Å². The van der Waals surface area contributed by atoms with Gasteiger partial charge in [0.25, 0.3) is 0 Å². The van der Waals surface area contributed by atoms with Crippen molar-refractivity contribution in [2.75, 3.05) is 7.11 Å². The molecular formula is C12H15FO5. The molecule has 3 N–H and O–H groups in total. The van der Waals surface area contributed by atoms with E-state index in [1.54, 1.807) is 0 Å². The van der Waals surface area contributed by atoms with Gasteiger partial charge in [-0.15, -0.1) is 0 Å². The first-order chi connectivity index (χ1) is 8.49. The van der Waals surface area contributed by atoms with E-state index in [1.807, 2.05) is 0 Å². The van der Waals surface area contributed by atoms with Gasteiger partial charge in [-0.05, 0) is 23.3 Å². The molecule has 1 aromatic rings. The fraction of sp³-hybridized carbons (Fsp3) is 0.417. The second-order valence-electron chi connectivity index (χ2n) is 3.79. The lowest BCUT2D eigenvalue weighted by Crippen LogP contribution is -2.23. The molecule has 6 heteroatoms. The molecule has 0 aliphatic rings. The number of hydrogen-bond acceptors (Lipinski definition) is 5. The molecule has 0 saturated carbocycles. The smallest absolute Gasteiger partial charge is 0.308 e. The van der Waals surface area contributed by atoms with Crippen molar-refractivity contribution in [1.29, 1.82) is 0 Å². The van der Waals surface area contributed by atoms with Gasteiger partial charge in [0.2, 0.25) is 0 Å². The van der Waals surface area contributed by atoms with Crippen molar-refractivity contribution in [2.24, 2.45) is 0 Å². The van der Waals surface area contributed by atoms with Gasteiger partial charge in [-0.1, -0.05) is 6.07 Å². The van der Waals surface area contributed by atoms with Crippen LogP contribution < -0.4 is 0 Å². The van der Waals surface area contributed by atoms with Gasteiger partial charge >= 0.3 is 5.97 Å². The third kappa shape index (κ3) is 3.49. The van der Waals surface area contributed by atoms with Crippen molar-refractivity contribution in [3.63, 3.8) is 0 Å². The highest BCUT2D eigenvalue weighted by Gasteiger charge is 2.24. The fourth-order valence-electron chi connectivity index (χ4n) is 1.56. The summed E-state index contributed by atoms with van der Waals surface area (Å²) in [4.78, 5) is 11.0. The largest absolute Gasteiger partial charge is 0.469 e. The highest BCUT2D eigenvalue weighted by Crippen LogP contribution is 2.24. The molecule has 0 bridgehead atoms. The lowest BCUT2D eigenvalue weighted by molar-refractivity contribution is -0.144. The van der Waals surface area contributed by atoms with Crippen LogP contribution in [0.1, 0.15) is 23.7 Å². The van der Waals surface area contributed by atoms with Crippen LogP contribution in [0.5, 0.6) is 0 Å². The van der Waals surface area contributed by atoms with Crippen LogP contribution in [0.15, 0.2) is 18.2 Å². The number of aliphatic hydroxyl groups excluding tert-OH is 3. The minimum Gasteiger partial charge on any atom is -0.469 e. The first-order valence-electron chi connectivity index (χ1n) is 5.31. The van der Waals surface area contributed by atoms with E-state index < -0.39 is 37.0 Å². The van der Waals surface area contributed by atoms with Gasteiger partial charge in [-0.25, -0.2) is 4.39 Å². The van der Waals surface area contributed by atoms with Gasteiger partial charge in [-0.3, -0.25) is 4.79 Å². The van der Waals surface area contributed by atoms with E-state index in [1.165, 1.54) is 6.07 Å². The van der Waals surface area contributed by atoms with E-state index in [2.05, 4.69) is 4.74 Å². The number of carbonyl (C=O) groups is 1. The molecule has 0 radical (unpaired) electrons. The molecule has 0 amide bonds. The summed E-state index contributed by atoms with van der Waals surface area (Å²) in [6, 6.07) is 3.45. The topological polar surface area (TPSA) is 87.0 Å². The SMILES string of the molecule is COC(=O)CC(O)C(O)c1cc(F)ccc1CO. The molecule has 100 valence electrons. The molecule has 0 saturated heterocycles. The van der Waals surface area contributed by atoms with Gasteiger partial charge in [0.05, 0.1) is 26.2 Å². The Balaban J connectivity index is 2.91. The lowest BCUT2D eigenvalue weighted by Gasteiger charge is -2.19. The van der Waals surface area contributed by atoms with E-state index >= 15 is 0 Å². The molecule has 1 rings (SSSR count).